The lowest BCUT2D eigenvalue weighted by Gasteiger charge is -2.23. The first kappa shape index (κ1) is 21.8. The first-order valence-corrected chi connectivity index (χ1v) is 10.4. The fraction of sp³-hybridized carbons (Fsp3) is 0.348. The Balaban J connectivity index is 1.68. The van der Waals surface area contributed by atoms with Gasteiger partial charge in [0.15, 0.2) is 0 Å². The van der Waals surface area contributed by atoms with Crippen LogP contribution in [0.3, 0.4) is 0 Å². The standard InChI is InChI=1S/C23H26ClN3O3/c1-4-5-16-6-10-18(11-7-16)23(3)21(29)27(22(30)26-23)14-20(28)25-15(2)17-8-12-19(24)13-9-17/h6-13,15H,4-5,14H2,1-3H3,(H,25,28)(H,26,30). The molecule has 7 heteroatoms. The van der Waals surface area contributed by atoms with Crippen LogP contribution in [0.5, 0.6) is 0 Å². The number of aryl methyl sites for hydroxylation is 1. The van der Waals surface area contributed by atoms with Gasteiger partial charge in [-0.05, 0) is 49.1 Å². The zero-order chi connectivity index (χ0) is 21.9. The summed E-state index contributed by atoms with van der Waals surface area (Å²) < 4.78 is 0. The fourth-order valence-electron chi connectivity index (χ4n) is 3.60. The van der Waals surface area contributed by atoms with Crippen molar-refractivity contribution < 1.29 is 14.4 Å². The van der Waals surface area contributed by atoms with Crippen LogP contribution in [0.25, 0.3) is 0 Å². The molecule has 0 bridgehead atoms. The molecule has 0 saturated carbocycles. The number of hydrogen-bond donors (Lipinski definition) is 2. The number of carbonyl (C=O) groups is 3. The van der Waals surface area contributed by atoms with Crippen LogP contribution in [-0.4, -0.2) is 29.3 Å². The van der Waals surface area contributed by atoms with Gasteiger partial charge < -0.3 is 10.6 Å². The van der Waals surface area contributed by atoms with Gasteiger partial charge in [0.2, 0.25) is 5.91 Å². The second-order valence-electron chi connectivity index (χ2n) is 7.73. The molecular weight excluding hydrogens is 402 g/mol. The molecular formula is C23H26ClN3O3. The normalized spacial score (nSPS) is 19.5. The van der Waals surface area contributed by atoms with E-state index in [-0.39, 0.29) is 12.6 Å². The molecule has 1 saturated heterocycles. The molecule has 30 heavy (non-hydrogen) atoms. The van der Waals surface area contributed by atoms with Gasteiger partial charge in [0.05, 0.1) is 6.04 Å². The summed E-state index contributed by atoms with van der Waals surface area (Å²) in [6.45, 7) is 5.25. The third-order valence-electron chi connectivity index (χ3n) is 5.39. The zero-order valence-corrected chi connectivity index (χ0v) is 18.1. The Morgan fingerprint density at radius 3 is 2.37 bits per heavy atom. The van der Waals surface area contributed by atoms with Crippen LogP contribution in [0.4, 0.5) is 4.79 Å². The van der Waals surface area contributed by atoms with E-state index in [0.29, 0.717) is 10.6 Å². The molecule has 0 spiro atoms. The maximum absolute atomic E-state index is 13.0. The topological polar surface area (TPSA) is 78.5 Å². The lowest BCUT2D eigenvalue weighted by Crippen LogP contribution is -2.43. The molecule has 158 valence electrons. The summed E-state index contributed by atoms with van der Waals surface area (Å²) in [5.41, 5.74) is 1.55. The quantitative estimate of drug-likeness (QED) is 0.657. The van der Waals surface area contributed by atoms with Crippen molar-refractivity contribution in [2.45, 2.75) is 45.2 Å². The third-order valence-corrected chi connectivity index (χ3v) is 5.65. The van der Waals surface area contributed by atoms with Crippen LogP contribution in [0.15, 0.2) is 48.5 Å². The molecule has 2 N–H and O–H groups in total. The predicted molar refractivity (Wildman–Crippen MR) is 116 cm³/mol. The van der Waals surface area contributed by atoms with Gasteiger partial charge >= 0.3 is 6.03 Å². The Labute approximate surface area is 181 Å². The fourth-order valence-corrected chi connectivity index (χ4v) is 3.72. The maximum Gasteiger partial charge on any atom is 0.325 e. The summed E-state index contributed by atoms with van der Waals surface area (Å²) in [6.07, 6.45) is 1.99. The average molecular weight is 428 g/mol. The number of carbonyl (C=O) groups excluding carboxylic acids is 3. The largest absolute Gasteiger partial charge is 0.348 e. The summed E-state index contributed by atoms with van der Waals surface area (Å²) in [7, 11) is 0. The van der Waals surface area contributed by atoms with E-state index in [1.165, 1.54) is 5.56 Å². The van der Waals surface area contributed by atoms with Gasteiger partial charge in [-0.1, -0.05) is 61.3 Å². The molecule has 2 aromatic rings. The van der Waals surface area contributed by atoms with Crippen molar-refractivity contribution in [1.82, 2.24) is 15.5 Å². The van der Waals surface area contributed by atoms with Crippen molar-refractivity contribution in [2.24, 2.45) is 0 Å². The minimum atomic E-state index is -1.19. The predicted octanol–water partition coefficient (Wildman–Crippen LogP) is 3.94. The van der Waals surface area contributed by atoms with Gasteiger partial charge in [-0.25, -0.2) is 4.79 Å². The molecule has 1 aliphatic heterocycles. The number of urea groups is 1. The monoisotopic (exact) mass is 427 g/mol. The number of nitrogens with one attached hydrogen (secondary N) is 2. The van der Waals surface area contributed by atoms with Gasteiger partial charge in [0.25, 0.3) is 5.91 Å². The average Bonchev–Trinajstić information content (AvgIpc) is 2.93. The Morgan fingerprint density at radius 1 is 1.13 bits per heavy atom. The van der Waals surface area contributed by atoms with Crippen LogP contribution < -0.4 is 10.6 Å². The molecule has 1 fully saturated rings. The van der Waals surface area contributed by atoms with E-state index >= 15 is 0 Å². The van der Waals surface area contributed by atoms with Crippen LogP contribution in [0.1, 0.15) is 49.9 Å². The van der Waals surface area contributed by atoms with Crippen LogP contribution >= 0.6 is 11.6 Å². The van der Waals surface area contributed by atoms with Gasteiger partial charge in [-0.3, -0.25) is 14.5 Å². The molecule has 6 nitrogen and oxygen atoms in total. The van der Waals surface area contributed by atoms with Crippen molar-refractivity contribution in [1.29, 1.82) is 0 Å². The minimum Gasteiger partial charge on any atom is -0.348 e. The molecule has 2 aromatic carbocycles. The highest BCUT2D eigenvalue weighted by Gasteiger charge is 2.49. The highest BCUT2D eigenvalue weighted by Crippen LogP contribution is 2.29. The summed E-state index contributed by atoms with van der Waals surface area (Å²) in [5.74, 6) is -0.853. The van der Waals surface area contributed by atoms with Gasteiger partial charge in [0.1, 0.15) is 12.1 Å². The Hall–Kier alpha value is -2.86. The van der Waals surface area contributed by atoms with E-state index in [1.807, 2.05) is 43.3 Å². The summed E-state index contributed by atoms with van der Waals surface area (Å²) in [4.78, 5) is 39.0. The molecule has 2 atom stereocenters. The molecule has 1 heterocycles. The lowest BCUT2D eigenvalue weighted by atomic mass is 9.91. The second kappa shape index (κ2) is 8.88. The first-order chi connectivity index (χ1) is 14.2. The van der Waals surface area contributed by atoms with E-state index in [1.54, 1.807) is 19.1 Å². The van der Waals surface area contributed by atoms with E-state index in [9.17, 15) is 14.4 Å². The number of amides is 4. The van der Waals surface area contributed by atoms with E-state index in [4.69, 9.17) is 11.6 Å². The van der Waals surface area contributed by atoms with Crippen LogP contribution in [-0.2, 0) is 21.5 Å². The van der Waals surface area contributed by atoms with Crippen LogP contribution in [0.2, 0.25) is 5.02 Å². The second-order valence-corrected chi connectivity index (χ2v) is 8.17. The van der Waals surface area contributed by atoms with Crippen molar-refractivity contribution in [3.05, 3.63) is 70.2 Å². The SMILES string of the molecule is CCCc1ccc(C2(C)NC(=O)N(CC(=O)NC(C)c3ccc(Cl)cc3)C2=O)cc1. The number of imide groups is 1. The Morgan fingerprint density at radius 2 is 1.77 bits per heavy atom. The van der Waals surface area contributed by atoms with Crippen LogP contribution in [0, 0.1) is 0 Å². The highest BCUT2D eigenvalue weighted by atomic mass is 35.5. The molecule has 4 amide bonds. The number of halogens is 1. The number of hydrogen-bond acceptors (Lipinski definition) is 3. The molecule has 2 unspecified atom stereocenters. The zero-order valence-electron chi connectivity index (χ0n) is 17.4. The van der Waals surface area contributed by atoms with Crippen molar-refractivity contribution in [3.8, 4) is 0 Å². The lowest BCUT2D eigenvalue weighted by molar-refractivity contribution is -0.135. The molecule has 3 rings (SSSR count). The van der Waals surface area contributed by atoms with E-state index < -0.39 is 23.4 Å². The maximum atomic E-state index is 13.0. The molecule has 0 aromatic heterocycles. The van der Waals surface area contributed by atoms with E-state index in [0.717, 1.165) is 23.3 Å². The molecule has 0 aliphatic carbocycles. The van der Waals surface area contributed by atoms with Gasteiger partial charge in [-0.15, -0.1) is 0 Å². The van der Waals surface area contributed by atoms with Crippen molar-refractivity contribution in [2.75, 3.05) is 6.54 Å². The molecule has 1 aliphatic rings. The number of nitrogens with zero attached hydrogens (tertiary/aromatic N) is 1. The summed E-state index contributed by atoms with van der Waals surface area (Å²) >= 11 is 5.89. The number of rotatable bonds is 7. The third kappa shape index (κ3) is 4.49. The minimum absolute atomic E-state index is 0.284. The first-order valence-electron chi connectivity index (χ1n) is 10.0. The van der Waals surface area contributed by atoms with Crippen molar-refractivity contribution in [3.63, 3.8) is 0 Å². The summed E-state index contributed by atoms with van der Waals surface area (Å²) in [5, 5.41) is 6.16. The summed E-state index contributed by atoms with van der Waals surface area (Å²) in [6, 6.07) is 13.9. The number of benzene rings is 2. The smallest absolute Gasteiger partial charge is 0.325 e. The Bertz CT molecular complexity index is 943. The highest BCUT2D eigenvalue weighted by molar-refractivity contribution is 6.30. The van der Waals surface area contributed by atoms with Gasteiger partial charge in [0, 0.05) is 5.02 Å². The molecule has 0 radical (unpaired) electrons. The Kier molecular flexibility index (Phi) is 6.46. The van der Waals surface area contributed by atoms with E-state index in [2.05, 4.69) is 17.6 Å². The van der Waals surface area contributed by atoms with Gasteiger partial charge in [-0.2, -0.15) is 0 Å². The van der Waals surface area contributed by atoms with Crippen molar-refractivity contribution >= 4 is 29.4 Å².